The van der Waals surface area contributed by atoms with Crippen LogP contribution in [0.1, 0.15) is 20.3 Å². The van der Waals surface area contributed by atoms with Crippen molar-refractivity contribution in [2.24, 2.45) is 5.18 Å². The molecular formula is C9H13NO5. The number of ether oxygens (including phenoxy) is 3. The topological polar surface area (TPSA) is 74.2 Å². The van der Waals surface area contributed by atoms with Gasteiger partial charge in [0.1, 0.15) is 12.2 Å². The quantitative estimate of drug-likeness (QED) is 0.508. The summed E-state index contributed by atoms with van der Waals surface area (Å²) in [6.45, 7) is 3.60. The monoisotopic (exact) mass is 215 g/mol. The van der Waals surface area contributed by atoms with Crippen LogP contribution < -0.4 is 0 Å². The zero-order valence-electron chi connectivity index (χ0n) is 8.63. The molecule has 0 aromatic heterocycles. The average Bonchev–Trinajstić information content (AvgIpc) is 2.60. The SMILES string of the molecule is CC1(C)OC2C(=O)O[C@H](CCN=O)[C@@H]2O1. The molecule has 0 aromatic rings. The molecule has 15 heavy (non-hydrogen) atoms. The molecule has 0 spiro atoms. The first-order chi connectivity index (χ1) is 7.03. The molecule has 0 radical (unpaired) electrons. The van der Waals surface area contributed by atoms with E-state index in [0.717, 1.165) is 0 Å². The van der Waals surface area contributed by atoms with Crippen LogP contribution in [0.2, 0.25) is 0 Å². The normalized spacial score (nSPS) is 37.5. The number of carbonyl (C=O) groups excluding carboxylic acids is 1. The molecule has 0 aromatic carbocycles. The summed E-state index contributed by atoms with van der Waals surface area (Å²) in [5.41, 5.74) is 0. The Kier molecular flexibility index (Phi) is 2.47. The molecule has 2 aliphatic rings. The van der Waals surface area contributed by atoms with E-state index in [1.54, 1.807) is 13.8 Å². The van der Waals surface area contributed by atoms with Crippen molar-refractivity contribution >= 4 is 5.97 Å². The Morgan fingerprint density at radius 1 is 1.40 bits per heavy atom. The maximum Gasteiger partial charge on any atom is 0.338 e. The minimum atomic E-state index is -0.762. The molecule has 6 heteroatoms. The summed E-state index contributed by atoms with van der Waals surface area (Å²) in [4.78, 5) is 21.4. The summed E-state index contributed by atoms with van der Waals surface area (Å²) in [5.74, 6) is -1.18. The van der Waals surface area contributed by atoms with Crippen LogP contribution in [-0.4, -0.2) is 36.6 Å². The van der Waals surface area contributed by atoms with E-state index < -0.39 is 30.1 Å². The van der Waals surface area contributed by atoms with E-state index in [9.17, 15) is 9.70 Å². The van der Waals surface area contributed by atoms with Gasteiger partial charge in [0.2, 0.25) is 0 Å². The highest BCUT2D eigenvalue weighted by Gasteiger charge is 2.55. The van der Waals surface area contributed by atoms with Crippen molar-refractivity contribution in [1.29, 1.82) is 0 Å². The van der Waals surface area contributed by atoms with Crippen molar-refractivity contribution in [3.8, 4) is 0 Å². The highest BCUT2D eigenvalue weighted by atomic mass is 16.8. The Morgan fingerprint density at radius 3 is 2.80 bits per heavy atom. The van der Waals surface area contributed by atoms with Gasteiger partial charge in [-0.15, -0.1) is 0 Å². The Labute approximate surface area is 86.8 Å². The van der Waals surface area contributed by atoms with Gasteiger partial charge in [-0.3, -0.25) is 0 Å². The van der Waals surface area contributed by atoms with Gasteiger partial charge >= 0.3 is 5.97 Å². The number of rotatable bonds is 3. The second kappa shape index (κ2) is 3.53. The molecule has 2 rings (SSSR count). The number of hydrogen-bond donors (Lipinski definition) is 0. The van der Waals surface area contributed by atoms with E-state index in [1.165, 1.54) is 0 Å². The van der Waals surface area contributed by atoms with Gasteiger partial charge in [-0.25, -0.2) is 4.79 Å². The third-order valence-corrected chi connectivity index (χ3v) is 2.50. The highest BCUT2D eigenvalue weighted by molar-refractivity contribution is 5.78. The van der Waals surface area contributed by atoms with Crippen molar-refractivity contribution in [1.82, 2.24) is 0 Å². The lowest BCUT2D eigenvalue weighted by atomic mass is 10.1. The van der Waals surface area contributed by atoms with Crippen LogP contribution in [0.4, 0.5) is 0 Å². The molecule has 6 nitrogen and oxygen atoms in total. The van der Waals surface area contributed by atoms with Crippen molar-refractivity contribution in [3.63, 3.8) is 0 Å². The summed E-state index contributed by atoms with van der Waals surface area (Å²) >= 11 is 0. The zero-order chi connectivity index (χ0) is 11.1. The second-order valence-corrected chi connectivity index (χ2v) is 4.14. The van der Waals surface area contributed by atoms with Gasteiger partial charge in [0.05, 0.1) is 6.54 Å². The van der Waals surface area contributed by atoms with Gasteiger partial charge in [0.15, 0.2) is 11.9 Å². The number of fused-ring (bicyclic) bond motifs is 1. The lowest BCUT2D eigenvalue weighted by molar-refractivity contribution is -0.186. The van der Waals surface area contributed by atoms with E-state index in [-0.39, 0.29) is 6.54 Å². The van der Waals surface area contributed by atoms with Crippen LogP contribution in [0.3, 0.4) is 0 Å². The van der Waals surface area contributed by atoms with E-state index >= 15 is 0 Å². The van der Waals surface area contributed by atoms with Crippen molar-refractivity contribution in [2.75, 3.05) is 6.54 Å². The Hall–Kier alpha value is -1.01. The van der Waals surface area contributed by atoms with Crippen LogP contribution in [0.25, 0.3) is 0 Å². The van der Waals surface area contributed by atoms with Crippen molar-refractivity contribution in [3.05, 3.63) is 4.91 Å². The first-order valence-corrected chi connectivity index (χ1v) is 4.89. The summed E-state index contributed by atoms with van der Waals surface area (Å²) in [7, 11) is 0. The minimum absolute atomic E-state index is 0.116. The van der Waals surface area contributed by atoms with Crippen LogP contribution in [0.15, 0.2) is 5.18 Å². The highest BCUT2D eigenvalue weighted by Crippen LogP contribution is 2.36. The van der Waals surface area contributed by atoms with Crippen LogP contribution in [-0.2, 0) is 19.0 Å². The van der Waals surface area contributed by atoms with Gasteiger partial charge in [0, 0.05) is 6.42 Å². The third kappa shape index (κ3) is 1.87. The molecule has 0 aliphatic carbocycles. The fraction of sp³-hybridized carbons (Fsp3) is 0.889. The van der Waals surface area contributed by atoms with E-state index in [4.69, 9.17) is 14.2 Å². The molecule has 0 saturated carbocycles. The lowest BCUT2D eigenvalue weighted by Crippen LogP contribution is -2.30. The summed E-state index contributed by atoms with van der Waals surface area (Å²) in [5, 5.41) is 2.74. The van der Waals surface area contributed by atoms with Crippen LogP contribution in [0, 0.1) is 4.91 Å². The summed E-state index contributed by atoms with van der Waals surface area (Å²) in [6.07, 6.45) is -1.09. The van der Waals surface area contributed by atoms with Gasteiger partial charge in [-0.2, -0.15) is 4.91 Å². The second-order valence-electron chi connectivity index (χ2n) is 4.14. The number of nitrogens with zero attached hydrogens (tertiary/aromatic N) is 1. The number of cyclic esters (lactones) is 1. The number of nitroso groups, excluding NO2 is 1. The summed E-state index contributed by atoms with van der Waals surface area (Å²) < 4.78 is 16.0. The Balaban J connectivity index is 2.05. The molecule has 2 fully saturated rings. The predicted octanol–water partition coefficient (Wildman–Crippen LogP) is 0.588. The molecule has 84 valence electrons. The lowest BCUT2D eigenvalue weighted by Gasteiger charge is -2.20. The van der Waals surface area contributed by atoms with Gasteiger partial charge in [0.25, 0.3) is 0 Å². The standard InChI is InChI=1S/C9H13NO5/c1-9(2)14-6-5(3-4-10-12)13-8(11)7(6)15-9/h5-7H,3-4H2,1-2H3/t5-,6+,7?/m1/s1. The molecule has 1 unspecified atom stereocenters. The molecule has 0 bridgehead atoms. The number of hydrogen-bond acceptors (Lipinski definition) is 6. The number of esters is 1. The molecular weight excluding hydrogens is 202 g/mol. The van der Waals surface area contributed by atoms with E-state index in [2.05, 4.69) is 5.18 Å². The third-order valence-electron chi connectivity index (χ3n) is 2.50. The van der Waals surface area contributed by atoms with Crippen LogP contribution >= 0.6 is 0 Å². The molecule has 3 atom stereocenters. The molecule has 0 N–H and O–H groups in total. The Morgan fingerprint density at radius 2 is 2.13 bits per heavy atom. The molecule has 2 aliphatic heterocycles. The summed E-state index contributed by atoms with van der Waals surface area (Å²) in [6, 6.07) is 0. The minimum Gasteiger partial charge on any atom is -0.457 e. The van der Waals surface area contributed by atoms with E-state index in [1.807, 2.05) is 0 Å². The van der Waals surface area contributed by atoms with Crippen molar-refractivity contribution in [2.45, 2.75) is 44.4 Å². The maximum absolute atomic E-state index is 11.4. The van der Waals surface area contributed by atoms with Crippen molar-refractivity contribution < 1.29 is 19.0 Å². The molecule has 2 heterocycles. The van der Waals surface area contributed by atoms with Gasteiger partial charge in [-0.05, 0) is 13.8 Å². The first-order valence-electron chi connectivity index (χ1n) is 4.89. The maximum atomic E-state index is 11.4. The van der Waals surface area contributed by atoms with Gasteiger partial charge in [-0.1, -0.05) is 5.18 Å². The first kappa shape index (κ1) is 10.5. The Bertz CT molecular complexity index is 290. The molecule has 2 saturated heterocycles. The predicted molar refractivity (Wildman–Crippen MR) is 49.0 cm³/mol. The molecule has 0 amide bonds. The fourth-order valence-corrected chi connectivity index (χ4v) is 1.93. The smallest absolute Gasteiger partial charge is 0.338 e. The van der Waals surface area contributed by atoms with Crippen LogP contribution in [0.5, 0.6) is 0 Å². The van der Waals surface area contributed by atoms with E-state index in [0.29, 0.717) is 6.42 Å². The largest absolute Gasteiger partial charge is 0.457 e. The number of carbonyl (C=O) groups is 1. The average molecular weight is 215 g/mol. The zero-order valence-corrected chi connectivity index (χ0v) is 8.63. The van der Waals surface area contributed by atoms with Gasteiger partial charge < -0.3 is 14.2 Å². The fourth-order valence-electron chi connectivity index (χ4n) is 1.93.